The Hall–Kier alpha value is -3.49. The van der Waals surface area contributed by atoms with E-state index in [1.165, 1.54) is 42.4 Å². The second kappa shape index (κ2) is 8.94. The first-order valence-corrected chi connectivity index (χ1v) is 10.4. The minimum Gasteiger partial charge on any atom is -0.480 e. The van der Waals surface area contributed by atoms with Gasteiger partial charge in [-0.05, 0) is 36.1 Å². The van der Waals surface area contributed by atoms with Gasteiger partial charge in [-0.25, -0.2) is 9.78 Å². The molecule has 2 aromatic carbocycles. The van der Waals surface area contributed by atoms with Crippen molar-refractivity contribution in [2.24, 2.45) is 0 Å². The predicted octanol–water partition coefficient (Wildman–Crippen LogP) is 2.63. The first kappa shape index (κ1) is 21.7. The molecule has 8 nitrogen and oxygen atoms in total. The van der Waals surface area contributed by atoms with Crippen molar-refractivity contribution in [2.45, 2.75) is 37.8 Å². The molecule has 32 heavy (non-hydrogen) atoms. The number of aliphatic carboxylic acids is 1. The first-order chi connectivity index (χ1) is 15.4. The number of imidazole rings is 1. The second-order valence-electron chi connectivity index (χ2n) is 8.41. The van der Waals surface area contributed by atoms with Gasteiger partial charge in [0, 0.05) is 24.2 Å². The predicted molar refractivity (Wildman–Crippen MR) is 119 cm³/mol. The Morgan fingerprint density at radius 3 is 2.31 bits per heavy atom. The number of rotatable bonds is 9. The third kappa shape index (κ3) is 4.42. The first-order valence-electron chi connectivity index (χ1n) is 10.4. The van der Waals surface area contributed by atoms with E-state index in [0.717, 1.165) is 5.69 Å². The second-order valence-corrected chi connectivity index (χ2v) is 8.41. The van der Waals surface area contributed by atoms with Crippen molar-refractivity contribution in [3.05, 3.63) is 77.9 Å². The number of hydrogen-bond acceptors (Lipinski definition) is 5. The van der Waals surface area contributed by atoms with Crippen molar-refractivity contribution in [1.29, 1.82) is 0 Å². The molecule has 0 fully saturated rings. The maximum Gasteiger partial charge on any atom is 0.328 e. The molecule has 8 heteroatoms. The molecule has 4 N–H and O–H groups in total. The summed E-state index contributed by atoms with van der Waals surface area (Å²) in [6.45, 7) is 3.20. The van der Waals surface area contributed by atoms with Crippen LogP contribution in [-0.4, -0.2) is 45.1 Å². The van der Waals surface area contributed by atoms with Crippen LogP contribution in [0.25, 0.3) is 11.1 Å². The summed E-state index contributed by atoms with van der Waals surface area (Å²) in [6.07, 6.45) is 3.41. The van der Waals surface area contributed by atoms with Crippen molar-refractivity contribution < 1.29 is 19.5 Å². The molecule has 0 radical (unpaired) electrons. The number of carboxylic acid groups (broad SMARTS) is 1. The average molecular weight is 434 g/mol. The van der Waals surface area contributed by atoms with Gasteiger partial charge in [-0.1, -0.05) is 48.5 Å². The molecule has 1 aliphatic carbocycles. The van der Waals surface area contributed by atoms with E-state index in [1.54, 1.807) is 6.20 Å². The molecule has 0 bridgehead atoms. The Morgan fingerprint density at radius 2 is 1.75 bits per heavy atom. The Morgan fingerprint density at radius 1 is 1.12 bits per heavy atom. The molecule has 4 rings (SSSR count). The van der Waals surface area contributed by atoms with Gasteiger partial charge in [0.05, 0.1) is 12.9 Å². The summed E-state index contributed by atoms with van der Waals surface area (Å²) in [5.74, 6) is -1.56. The van der Waals surface area contributed by atoms with Crippen molar-refractivity contribution in [3.63, 3.8) is 0 Å². The van der Waals surface area contributed by atoms with Crippen LogP contribution in [0, 0.1) is 0 Å². The molecule has 1 heterocycles. The molecule has 0 spiro atoms. The fourth-order valence-corrected chi connectivity index (χ4v) is 3.92. The molecule has 3 aromatic rings. The molecule has 1 amide bonds. The van der Waals surface area contributed by atoms with Gasteiger partial charge in [-0.15, -0.1) is 0 Å². The Balaban J connectivity index is 1.48. The number of nitrogens with zero attached hydrogens (tertiary/aromatic N) is 1. The lowest BCUT2D eigenvalue weighted by atomic mass is 9.98. The number of nitrogens with one attached hydrogen (secondary N) is 3. The van der Waals surface area contributed by atoms with Gasteiger partial charge in [0.15, 0.2) is 0 Å². The van der Waals surface area contributed by atoms with Gasteiger partial charge in [0.2, 0.25) is 5.91 Å². The highest BCUT2D eigenvalue weighted by atomic mass is 16.6. The number of benzene rings is 2. The standard InChI is InChI=1S/C24H26N4O4/c1-24(2,23(30)31)27-22(29)21(11-15-12-25-14-26-15)28-32-13-20-18-9-5-3-7-16(18)17-8-4-6-10-19(17)20/h3-10,12,14,20-21,28H,11,13H2,1-2H3,(H,25,26)(H,27,29)(H,30,31)/t21-/m0/s1. The monoisotopic (exact) mass is 434 g/mol. The number of carbonyl (C=O) groups excluding carboxylic acids is 1. The summed E-state index contributed by atoms with van der Waals surface area (Å²) in [4.78, 5) is 37.1. The smallest absolute Gasteiger partial charge is 0.328 e. The zero-order valence-electron chi connectivity index (χ0n) is 18.0. The van der Waals surface area contributed by atoms with E-state index < -0.39 is 23.5 Å². The highest BCUT2D eigenvalue weighted by Crippen LogP contribution is 2.44. The lowest BCUT2D eigenvalue weighted by molar-refractivity contribution is -0.147. The zero-order chi connectivity index (χ0) is 22.7. The van der Waals surface area contributed by atoms with Gasteiger partial charge < -0.3 is 20.2 Å². The molecular formula is C24H26N4O4. The van der Waals surface area contributed by atoms with Crippen LogP contribution in [0.1, 0.15) is 36.6 Å². The third-order valence-electron chi connectivity index (χ3n) is 5.70. The number of hydroxylamine groups is 1. The average Bonchev–Trinajstić information content (AvgIpc) is 3.39. The molecule has 0 aliphatic heterocycles. The van der Waals surface area contributed by atoms with E-state index in [9.17, 15) is 14.7 Å². The molecule has 0 saturated carbocycles. The van der Waals surface area contributed by atoms with Gasteiger partial charge in [-0.3, -0.25) is 4.79 Å². The summed E-state index contributed by atoms with van der Waals surface area (Å²) in [6, 6.07) is 15.6. The number of hydrogen-bond donors (Lipinski definition) is 4. The Kier molecular flexibility index (Phi) is 6.07. The van der Waals surface area contributed by atoms with Gasteiger partial charge in [-0.2, -0.15) is 5.48 Å². The molecule has 0 unspecified atom stereocenters. The van der Waals surface area contributed by atoms with Gasteiger partial charge in [0.25, 0.3) is 0 Å². The Bertz CT molecular complexity index is 1070. The van der Waals surface area contributed by atoms with Crippen molar-refractivity contribution in [2.75, 3.05) is 6.61 Å². The van der Waals surface area contributed by atoms with E-state index >= 15 is 0 Å². The lowest BCUT2D eigenvalue weighted by Crippen LogP contribution is -2.56. The molecule has 1 atom stereocenters. The van der Waals surface area contributed by atoms with Crippen LogP contribution in [0.15, 0.2) is 61.1 Å². The summed E-state index contributed by atoms with van der Waals surface area (Å²) in [7, 11) is 0. The summed E-state index contributed by atoms with van der Waals surface area (Å²) in [5.41, 5.74) is 6.90. The van der Waals surface area contributed by atoms with Crippen LogP contribution >= 0.6 is 0 Å². The minimum absolute atomic E-state index is 0.0289. The highest BCUT2D eigenvalue weighted by Gasteiger charge is 2.33. The SMILES string of the molecule is CC(C)(NC(=O)[C@H](Cc1cnc[nH]1)NOCC1c2ccccc2-c2ccccc21)C(=O)O. The van der Waals surface area contributed by atoms with Gasteiger partial charge >= 0.3 is 5.97 Å². The maximum absolute atomic E-state index is 12.9. The number of aromatic amines is 1. The normalized spacial score (nSPS) is 13.9. The fourth-order valence-electron chi connectivity index (χ4n) is 3.92. The van der Waals surface area contributed by atoms with E-state index in [0.29, 0.717) is 6.61 Å². The summed E-state index contributed by atoms with van der Waals surface area (Å²) in [5, 5.41) is 11.9. The van der Waals surface area contributed by atoms with Crippen LogP contribution < -0.4 is 10.8 Å². The Labute approximate surface area is 186 Å². The number of amides is 1. The third-order valence-corrected chi connectivity index (χ3v) is 5.70. The van der Waals surface area contributed by atoms with Crippen molar-refractivity contribution in [3.8, 4) is 11.1 Å². The van der Waals surface area contributed by atoms with E-state index in [-0.39, 0.29) is 12.3 Å². The van der Waals surface area contributed by atoms with Crippen LogP contribution in [0.2, 0.25) is 0 Å². The molecule has 1 aliphatic rings. The summed E-state index contributed by atoms with van der Waals surface area (Å²) < 4.78 is 0. The summed E-state index contributed by atoms with van der Waals surface area (Å²) >= 11 is 0. The number of carboxylic acids is 1. The van der Waals surface area contributed by atoms with Crippen molar-refractivity contribution >= 4 is 11.9 Å². The lowest BCUT2D eigenvalue weighted by Gasteiger charge is -2.25. The fraction of sp³-hybridized carbons (Fsp3) is 0.292. The number of H-pyrrole nitrogens is 1. The molecule has 166 valence electrons. The number of aromatic nitrogens is 2. The quantitative estimate of drug-likeness (QED) is 0.385. The van der Waals surface area contributed by atoms with Crippen LogP contribution in [0.3, 0.4) is 0 Å². The topological polar surface area (TPSA) is 116 Å². The molecule has 0 saturated heterocycles. The largest absolute Gasteiger partial charge is 0.480 e. The number of carbonyl (C=O) groups is 2. The van der Waals surface area contributed by atoms with E-state index in [4.69, 9.17) is 4.84 Å². The molecular weight excluding hydrogens is 408 g/mol. The van der Waals surface area contributed by atoms with Crippen LogP contribution in [0.4, 0.5) is 0 Å². The highest BCUT2D eigenvalue weighted by molar-refractivity contribution is 5.89. The van der Waals surface area contributed by atoms with E-state index in [2.05, 4.69) is 45.0 Å². The molecule has 1 aromatic heterocycles. The number of fused-ring (bicyclic) bond motifs is 3. The van der Waals surface area contributed by atoms with E-state index in [1.807, 2.05) is 24.3 Å². The van der Waals surface area contributed by atoms with Gasteiger partial charge in [0.1, 0.15) is 11.6 Å². The zero-order valence-corrected chi connectivity index (χ0v) is 18.0. The van der Waals surface area contributed by atoms with Crippen LogP contribution in [-0.2, 0) is 20.8 Å². The maximum atomic E-state index is 12.9. The van der Waals surface area contributed by atoms with Crippen molar-refractivity contribution in [1.82, 2.24) is 20.8 Å². The van der Waals surface area contributed by atoms with Crippen LogP contribution in [0.5, 0.6) is 0 Å². The minimum atomic E-state index is -1.41.